The van der Waals surface area contributed by atoms with Gasteiger partial charge in [-0.1, -0.05) is 66.2 Å². The molecule has 2 fully saturated rings. The van der Waals surface area contributed by atoms with Crippen molar-refractivity contribution in [2.24, 2.45) is 0 Å². The van der Waals surface area contributed by atoms with Crippen LogP contribution < -0.4 is 9.84 Å². The van der Waals surface area contributed by atoms with Gasteiger partial charge >= 0.3 is 13.9 Å². The molecule has 0 bridgehead atoms. The van der Waals surface area contributed by atoms with Gasteiger partial charge in [0.2, 0.25) is 11.8 Å². The number of fused-ring (bicyclic) bond motifs is 2. The van der Waals surface area contributed by atoms with Gasteiger partial charge in [0, 0.05) is 42.7 Å². The summed E-state index contributed by atoms with van der Waals surface area (Å²) >= 11 is 6.46. The third-order valence-corrected chi connectivity index (χ3v) is 9.18. The number of rotatable bonds is 10. The zero-order chi connectivity index (χ0) is 34.7. The molecule has 0 aliphatic carbocycles. The van der Waals surface area contributed by atoms with Crippen LogP contribution in [0.15, 0.2) is 97.7 Å². The number of benzene rings is 3. The first kappa shape index (κ1) is 34.1. The van der Waals surface area contributed by atoms with E-state index >= 15 is 0 Å². The van der Waals surface area contributed by atoms with Crippen LogP contribution in [0, 0.1) is 0 Å². The second-order valence-electron chi connectivity index (χ2n) is 11.7. The van der Waals surface area contributed by atoms with Crippen molar-refractivity contribution in [2.45, 2.75) is 31.7 Å². The third-order valence-electron chi connectivity index (χ3n) is 8.40. The molecule has 4 aromatic rings. The van der Waals surface area contributed by atoms with Crippen molar-refractivity contribution in [3.8, 4) is 5.75 Å². The second kappa shape index (κ2) is 14.4. The van der Waals surface area contributed by atoms with Crippen LogP contribution in [0.5, 0.6) is 5.75 Å². The molecule has 1 aromatic heterocycles. The van der Waals surface area contributed by atoms with Gasteiger partial charge in [-0.05, 0) is 47.0 Å². The number of carbonyl (C=O) groups is 3. The van der Waals surface area contributed by atoms with E-state index in [0.717, 1.165) is 16.5 Å². The Morgan fingerprint density at radius 2 is 1.80 bits per heavy atom. The van der Waals surface area contributed by atoms with Gasteiger partial charge in [-0.2, -0.15) is 0 Å². The molecule has 3 aromatic carbocycles. The van der Waals surface area contributed by atoms with E-state index in [1.165, 1.54) is 22.0 Å². The summed E-state index contributed by atoms with van der Waals surface area (Å²) in [5.74, 6) is -0.720. The van der Waals surface area contributed by atoms with Crippen LogP contribution in [0.4, 0.5) is 4.79 Å². The molecule has 3 heterocycles. The number of phosphoric ester groups is 1. The Hall–Kier alpha value is -4.78. The highest BCUT2D eigenvalue weighted by Crippen LogP contribution is 2.38. The summed E-state index contributed by atoms with van der Waals surface area (Å²) in [6, 6.07) is 21.1. The quantitative estimate of drug-likeness (QED) is 0.164. The fourth-order valence-electron chi connectivity index (χ4n) is 6.27. The Kier molecular flexibility index (Phi) is 10.00. The molecule has 2 aliphatic heterocycles. The smallest absolute Gasteiger partial charge is 0.404 e. The number of hydrogen-bond acceptors (Lipinski definition) is 7. The van der Waals surface area contributed by atoms with Gasteiger partial charge < -0.3 is 19.6 Å². The molecular weight excluding hydrogens is 671 g/mol. The van der Waals surface area contributed by atoms with Crippen LogP contribution in [0.2, 0.25) is 5.02 Å². The van der Waals surface area contributed by atoms with Gasteiger partial charge in [0.05, 0.1) is 18.6 Å². The fraction of sp³-hybridized carbons (Fsp3) is 0.235. The van der Waals surface area contributed by atoms with Crippen molar-refractivity contribution in [1.82, 2.24) is 30.1 Å². The topological polar surface area (TPSA) is 156 Å². The number of hydrogen-bond donors (Lipinski definition) is 3. The van der Waals surface area contributed by atoms with Crippen molar-refractivity contribution in [1.29, 1.82) is 0 Å². The normalized spacial score (nSPS) is 18.4. The molecule has 2 aliphatic rings. The summed E-state index contributed by atoms with van der Waals surface area (Å²) in [5.41, 5.74) is 2.87. The van der Waals surface area contributed by atoms with Crippen LogP contribution in [0.3, 0.4) is 0 Å². The molecule has 0 unspecified atom stereocenters. The average Bonchev–Trinajstić information content (AvgIpc) is 3.07. The van der Waals surface area contributed by atoms with E-state index in [4.69, 9.17) is 11.6 Å². The summed E-state index contributed by atoms with van der Waals surface area (Å²) in [6.07, 6.45) is 2.45. The third kappa shape index (κ3) is 7.61. The second-order valence-corrected chi connectivity index (χ2v) is 13.2. The molecule has 49 heavy (non-hydrogen) atoms. The number of urea groups is 1. The number of carbonyl (C=O) groups excluding carboxylic acids is 3. The fourth-order valence-corrected chi connectivity index (χ4v) is 6.89. The van der Waals surface area contributed by atoms with E-state index in [2.05, 4.69) is 21.4 Å². The monoisotopic (exact) mass is 704 g/mol. The Labute approximate surface area is 287 Å². The zero-order valence-electron chi connectivity index (χ0n) is 26.3. The van der Waals surface area contributed by atoms with Crippen molar-refractivity contribution in [3.63, 3.8) is 0 Å². The molecular formula is C34H34ClN6O7P. The number of piperazine rings is 1. The van der Waals surface area contributed by atoms with Crippen molar-refractivity contribution < 1.29 is 33.3 Å². The van der Waals surface area contributed by atoms with Crippen molar-refractivity contribution >= 4 is 48.2 Å². The molecule has 6 rings (SSSR count). The average molecular weight is 705 g/mol. The van der Waals surface area contributed by atoms with E-state index in [1.807, 2.05) is 42.5 Å². The van der Waals surface area contributed by atoms with Gasteiger partial charge in [-0.3, -0.25) is 24.4 Å². The minimum atomic E-state index is -4.77. The zero-order valence-corrected chi connectivity index (χ0v) is 27.9. The van der Waals surface area contributed by atoms with E-state index < -0.39 is 26.1 Å². The Morgan fingerprint density at radius 1 is 1.04 bits per heavy atom. The van der Waals surface area contributed by atoms with Gasteiger partial charge in [0.1, 0.15) is 18.0 Å². The van der Waals surface area contributed by atoms with Gasteiger partial charge in [0.25, 0.3) is 0 Å². The maximum absolute atomic E-state index is 14.4. The number of nitrogens with one attached hydrogen (secondary N) is 1. The summed E-state index contributed by atoms with van der Waals surface area (Å²) in [6.45, 7) is 4.26. The van der Waals surface area contributed by atoms with Crippen LogP contribution in [-0.4, -0.2) is 84.3 Å². The predicted octanol–water partition coefficient (Wildman–Crippen LogP) is 4.10. The Morgan fingerprint density at radius 3 is 2.51 bits per heavy atom. The van der Waals surface area contributed by atoms with Gasteiger partial charge in [0.15, 0.2) is 0 Å². The predicted molar refractivity (Wildman–Crippen MR) is 182 cm³/mol. The lowest BCUT2D eigenvalue weighted by atomic mass is 9.98. The summed E-state index contributed by atoms with van der Waals surface area (Å²) in [4.78, 5) is 68.3. The molecule has 15 heteroatoms. The maximum atomic E-state index is 14.4. The van der Waals surface area contributed by atoms with Crippen molar-refractivity contribution in [3.05, 3.63) is 119 Å². The molecule has 0 saturated carbocycles. The lowest BCUT2D eigenvalue weighted by Crippen LogP contribution is -2.76. The maximum Gasteiger partial charge on any atom is 0.524 e. The number of aromatic nitrogens is 1. The van der Waals surface area contributed by atoms with E-state index in [9.17, 15) is 28.7 Å². The molecule has 0 spiro atoms. The summed E-state index contributed by atoms with van der Waals surface area (Å²) in [5, 5.41) is 7.33. The molecule has 0 radical (unpaired) electrons. The first-order chi connectivity index (χ1) is 23.5. The van der Waals surface area contributed by atoms with Crippen LogP contribution in [-0.2, 0) is 33.7 Å². The first-order valence-electron chi connectivity index (χ1n) is 15.5. The van der Waals surface area contributed by atoms with Crippen LogP contribution in [0.1, 0.15) is 16.7 Å². The van der Waals surface area contributed by atoms with Crippen LogP contribution >= 0.6 is 19.4 Å². The first-order valence-corrected chi connectivity index (χ1v) is 17.4. The number of amides is 4. The number of nitrogens with zero attached hydrogens (tertiary/aromatic N) is 5. The summed E-state index contributed by atoms with van der Waals surface area (Å²) < 4.78 is 16.0. The Bertz CT molecular complexity index is 1930. The molecule has 2 saturated heterocycles. The van der Waals surface area contributed by atoms with E-state index in [1.54, 1.807) is 46.4 Å². The molecule has 13 nitrogen and oxygen atoms in total. The lowest BCUT2D eigenvalue weighted by Gasteiger charge is -2.55. The number of phosphoric acid groups is 1. The minimum absolute atomic E-state index is 0.0134. The van der Waals surface area contributed by atoms with Crippen LogP contribution in [0.25, 0.3) is 10.9 Å². The van der Waals surface area contributed by atoms with Crippen molar-refractivity contribution in [2.75, 3.05) is 19.6 Å². The summed E-state index contributed by atoms with van der Waals surface area (Å²) in [7, 11) is -4.77. The SMILES string of the molecule is C=CCN1CC(=O)N2[C@@H](Cc3ccc(OP(=O)(O)O)cc3)C(=O)N(Cc3ccc(Cl)c4cccnc34)C[C@@H]2N1C(=O)NCc1ccccc1. The molecule has 4 amide bonds. The highest BCUT2D eigenvalue weighted by Gasteiger charge is 2.51. The lowest BCUT2D eigenvalue weighted by molar-refractivity contribution is -0.189. The number of hydrazine groups is 1. The van der Waals surface area contributed by atoms with E-state index in [-0.39, 0.29) is 56.7 Å². The van der Waals surface area contributed by atoms with E-state index in [0.29, 0.717) is 16.1 Å². The van der Waals surface area contributed by atoms with Gasteiger partial charge in [-0.25, -0.2) is 19.4 Å². The highest BCUT2D eigenvalue weighted by atomic mass is 35.5. The highest BCUT2D eigenvalue weighted by molar-refractivity contribution is 7.46. The minimum Gasteiger partial charge on any atom is -0.404 e. The molecule has 254 valence electrons. The Balaban J connectivity index is 1.37. The number of halogens is 1. The number of pyridine rings is 1. The molecule has 3 N–H and O–H groups in total. The van der Waals surface area contributed by atoms with Gasteiger partial charge in [-0.15, -0.1) is 6.58 Å². The molecule has 2 atom stereocenters. The standard InChI is InChI=1S/C34H34ClN6O7P/c1-2-17-39-22-31(42)40-29(18-23-10-13-26(14-11-23)48-49(45,46)47)33(43)38(20-25-12-15-28(35)27-9-6-16-36-32(25)27)21-30(40)41(39)34(44)37-19-24-7-4-3-5-8-24/h2-16,29-30H,1,17-22H2,(H,37,44)(H2,45,46,47)/t29-,30-/m0/s1. The largest absolute Gasteiger partial charge is 0.524 e.